The van der Waals surface area contributed by atoms with E-state index in [2.05, 4.69) is 16.0 Å². The summed E-state index contributed by atoms with van der Waals surface area (Å²) in [6.45, 7) is 3.10. The van der Waals surface area contributed by atoms with Crippen molar-refractivity contribution in [2.24, 2.45) is 5.73 Å². The number of carbonyl (C=O) groups is 1. The maximum Gasteiger partial charge on any atom is 0.248 e. The van der Waals surface area contributed by atoms with Crippen LogP contribution in [0.25, 0.3) is 11.3 Å². The van der Waals surface area contributed by atoms with Crippen LogP contribution in [0.15, 0.2) is 60.8 Å². The van der Waals surface area contributed by atoms with Gasteiger partial charge in [0.1, 0.15) is 11.9 Å². The first-order valence-electron chi connectivity index (χ1n) is 10.3. The number of hydrogen-bond acceptors (Lipinski definition) is 6. The molecule has 2 N–H and O–H groups in total. The molecule has 1 aliphatic heterocycles. The van der Waals surface area contributed by atoms with E-state index in [1.165, 1.54) is 5.56 Å². The van der Waals surface area contributed by atoms with Crippen molar-refractivity contribution in [1.82, 2.24) is 14.9 Å². The molecule has 7 heteroatoms. The van der Waals surface area contributed by atoms with Gasteiger partial charge in [-0.15, -0.1) is 0 Å². The van der Waals surface area contributed by atoms with Crippen LogP contribution in [0.4, 0.5) is 5.82 Å². The van der Waals surface area contributed by atoms with Crippen LogP contribution in [0.2, 0.25) is 0 Å². The van der Waals surface area contributed by atoms with Crippen LogP contribution >= 0.6 is 0 Å². The van der Waals surface area contributed by atoms with Gasteiger partial charge in [0.2, 0.25) is 5.91 Å². The molecule has 0 aliphatic carbocycles. The van der Waals surface area contributed by atoms with Gasteiger partial charge in [-0.1, -0.05) is 24.3 Å². The van der Waals surface area contributed by atoms with Crippen LogP contribution in [0.3, 0.4) is 0 Å². The molecule has 2 aromatic heterocycles. The Kier molecular flexibility index (Phi) is 6.25. The quantitative estimate of drug-likeness (QED) is 0.664. The zero-order valence-electron chi connectivity index (χ0n) is 17.9. The minimum absolute atomic E-state index is 0.0990. The number of nitrogens with two attached hydrogens (primary N) is 1. The summed E-state index contributed by atoms with van der Waals surface area (Å²) < 4.78 is 6.06. The molecule has 3 aromatic rings. The number of carbonyl (C=O) groups excluding carboxylic acids is 1. The lowest BCUT2D eigenvalue weighted by atomic mass is 10.1. The third-order valence-corrected chi connectivity index (χ3v) is 5.40. The average molecular weight is 418 g/mol. The number of benzene rings is 1. The van der Waals surface area contributed by atoms with Crippen molar-refractivity contribution in [2.75, 3.05) is 38.7 Å². The van der Waals surface area contributed by atoms with Crippen molar-refractivity contribution in [1.29, 1.82) is 0 Å². The van der Waals surface area contributed by atoms with E-state index in [4.69, 9.17) is 15.5 Å². The first-order chi connectivity index (χ1) is 15.0. The number of hydrogen-bond donors (Lipinski definition) is 1. The molecule has 7 nitrogen and oxygen atoms in total. The SMILES string of the molecule is CN(C)c1ncccc1CN1CCO[C@H](c2cccc(-c3ccc(C(N)=O)cc3)n2)C1. The molecular weight excluding hydrogens is 390 g/mol. The maximum atomic E-state index is 11.3. The molecule has 1 amide bonds. The Hall–Kier alpha value is -3.29. The minimum Gasteiger partial charge on any atom is -0.369 e. The highest BCUT2D eigenvalue weighted by Crippen LogP contribution is 2.26. The Bertz CT molecular complexity index is 1050. The molecule has 31 heavy (non-hydrogen) atoms. The lowest BCUT2D eigenvalue weighted by Gasteiger charge is -2.33. The molecule has 1 fully saturated rings. The van der Waals surface area contributed by atoms with Gasteiger partial charge in [0.25, 0.3) is 0 Å². The van der Waals surface area contributed by atoms with Gasteiger partial charge in [-0.25, -0.2) is 4.98 Å². The molecule has 0 unspecified atom stereocenters. The summed E-state index contributed by atoms with van der Waals surface area (Å²) in [5.74, 6) is 0.556. The highest BCUT2D eigenvalue weighted by molar-refractivity contribution is 5.93. The minimum atomic E-state index is -0.435. The lowest BCUT2D eigenvalue weighted by molar-refractivity contribution is -0.0349. The fraction of sp³-hybridized carbons (Fsp3) is 0.292. The fourth-order valence-electron chi connectivity index (χ4n) is 3.82. The van der Waals surface area contributed by atoms with Crippen LogP contribution in [0.5, 0.6) is 0 Å². The van der Waals surface area contributed by atoms with E-state index in [-0.39, 0.29) is 6.10 Å². The normalized spacial score (nSPS) is 16.8. The molecule has 0 spiro atoms. The predicted octanol–water partition coefficient (Wildman–Crippen LogP) is 2.88. The Balaban J connectivity index is 1.50. The van der Waals surface area contributed by atoms with E-state index in [0.29, 0.717) is 12.2 Å². The summed E-state index contributed by atoms with van der Waals surface area (Å²) >= 11 is 0. The summed E-state index contributed by atoms with van der Waals surface area (Å²) in [6.07, 6.45) is 1.73. The fourth-order valence-corrected chi connectivity index (χ4v) is 3.82. The van der Waals surface area contributed by atoms with Crippen LogP contribution in [-0.4, -0.2) is 54.6 Å². The number of aromatic nitrogens is 2. The summed E-state index contributed by atoms with van der Waals surface area (Å²) in [5, 5.41) is 0. The molecule has 1 aliphatic rings. The van der Waals surface area contributed by atoms with Gasteiger partial charge in [-0.2, -0.15) is 0 Å². The van der Waals surface area contributed by atoms with Crippen LogP contribution < -0.4 is 10.6 Å². The lowest BCUT2D eigenvalue weighted by Crippen LogP contribution is -2.38. The van der Waals surface area contributed by atoms with Gasteiger partial charge < -0.3 is 15.4 Å². The second-order valence-electron chi connectivity index (χ2n) is 7.86. The van der Waals surface area contributed by atoms with Gasteiger partial charge in [-0.3, -0.25) is 14.7 Å². The third-order valence-electron chi connectivity index (χ3n) is 5.40. The van der Waals surface area contributed by atoms with Crippen molar-refractivity contribution in [3.8, 4) is 11.3 Å². The molecule has 1 atom stereocenters. The highest BCUT2D eigenvalue weighted by Gasteiger charge is 2.24. The van der Waals surface area contributed by atoms with Crippen molar-refractivity contribution in [3.63, 3.8) is 0 Å². The predicted molar refractivity (Wildman–Crippen MR) is 121 cm³/mol. The zero-order valence-corrected chi connectivity index (χ0v) is 17.9. The monoisotopic (exact) mass is 417 g/mol. The number of rotatable bonds is 6. The molecule has 3 heterocycles. The number of primary amides is 1. The van der Waals surface area contributed by atoms with Crippen molar-refractivity contribution in [2.45, 2.75) is 12.6 Å². The number of anilines is 1. The van der Waals surface area contributed by atoms with Crippen LogP contribution in [-0.2, 0) is 11.3 Å². The van der Waals surface area contributed by atoms with Crippen molar-refractivity contribution < 1.29 is 9.53 Å². The Labute approximate surface area is 182 Å². The molecule has 160 valence electrons. The Morgan fingerprint density at radius 1 is 1.16 bits per heavy atom. The molecule has 0 bridgehead atoms. The van der Waals surface area contributed by atoms with Crippen LogP contribution in [0.1, 0.15) is 27.7 Å². The molecular formula is C24H27N5O2. The van der Waals surface area contributed by atoms with Crippen LogP contribution in [0, 0.1) is 0 Å². The zero-order chi connectivity index (χ0) is 21.8. The number of pyridine rings is 2. The first-order valence-corrected chi connectivity index (χ1v) is 10.3. The molecule has 0 radical (unpaired) electrons. The van der Waals surface area contributed by atoms with E-state index in [1.54, 1.807) is 12.1 Å². The summed E-state index contributed by atoms with van der Waals surface area (Å²) in [6, 6.07) is 17.2. The van der Waals surface area contributed by atoms with Gasteiger partial charge >= 0.3 is 0 Å². The first kappa shape index (κ1) is 21.0. The van der Waals surface area contributed by atoms with E-state index in [9.17, 15) is 4.79 Å². The third kappa shape index (κ3) is 4.90. The van der Waals surface area contributed by atoms with Gasteiger partial charge in [0.15, 0.2) is 0 Å². The van der Waals surface area contributed by atoms with Gasteiger partial charge in [0, 0.05) is 56.6 Å². The highest BCUT2D eigenvalue weighted by atomic mass is 16.5. The summed E-state index contributed by atoms with van der Waals surface area (Å²) in [4.78, 5) is 25.1. The second-order valence-corrected chi connectivity index (χ2v) is 7.86. The molecule has 1 saturated heterocycles. The maximum absolute atomic E-state index is 11.3. The second kappa shape index (κ2) is 9.24. The summed E-state index contributed by atoms with van der Waals surface area (Å²) in [7, 11) is 4.03. The van der Waals surface area contributed by atoms with E-state index >= 15 is 0 Å². The topological polar surface area (TPSA) is 84.6 Å². The number of morpholine rings is 1. The largest absolute Gasteiger partial charge is 0.369 e. The number of ether oxygens (including phenoxy) is 1. The van der Waals surface area contributed by atoms with E-state index < -0.39 is 5.91 Å². The van der Waals surface area contributed by atoms with E-state index in [1.807, 2.05) is 61.6 Å². The van der Waals surface area contributed by atoms with Gasteiger partial charge in [0.05, 0.1) is 18.0 Å². The Morgan fingerprint density at radius 3 is 2.71 bits per heavy atom. The smallest absolute Gasteiger partial charge is 0.248 e. The number of nitrogens with zero attached hydrogens (tertiary/aromatic N) is 4. The van der Waals surface area contributed by atoms with Gasteiger partial charge in [-0.05, 0) is 30.3 Å². The van der Waals surface area contributed by atoms with Crippen molar-refractivity contribution in [3.05, 3.63) is 77.6 Å². The molecule has 1 aromatic carbocycles. The molecule has 4 rings (SSSR count). The van der Waals surface area contributed by atoms with E-state index in [0.717, 1.165) is 42.4 Å². The molecule has 0 saturated carbocycles. The standard InChI is InChI=1S/C24H27N5O2/c1-28(2)24-19(5-4-12-26-24)15-29-13-14-31-22(16-29)21-7-3-6-20(27-21)17-8-10-18(11-9-17)23(25)30/h3-12,22H,13-16H2,1-2H3,(H2,25,30)/t22-/m0/s1. The summed E-state index contributed by atoms with van der Waals surface area (Å²) in [5.41, 5.74) is 9.70. The number of amides is 1. The Morgan fingerprint density at radius 2 is 1.97 bits per heavy atom. The average Bonchev–Trinajstić information content (AvgIpc) is 2.79. The van der Waals surface area contributed by atoms with Crippen molar-refractivity contribution >= 4 is 11.7 Å².